The minimum atomic E-state index is -0.573. The van der Waals surface area contributed by atoms with Gasteiger partial charge in [-0.05, 0) is 80.6 Å². The van der Waals surface area contributed by atoms with Gasteiger partial charge in [0.05, 0.1) is 17.2 Å². The van der Waals surface area contributed by atoms with Crippen LogP contribution in [0.1, 0.15) is 67.5 Å². The van der Waals surface area contributed by atoms with Crippen LogP contribution < -0.4 is 0 Å². The molecule has 3 aliphatic heterocycles. The number of carbonyl (C=O) groups excluding carboxylic acids is 2. The fourth-order valence-electron chi connectivity index (χ4n) is 5.10. The number of piperidine rings is 1. The highest BCUT2D eigenvalue weighted by molar-refractivity contribution is 7.99. The zero-order valence-corrected chi connectivity index (χ0v) is 19.9. The Morgan fingerprint density at radius 3 is 2.24 bits per heavy atom. The van der Waals surface area contributed by atoms with Gasteiger partial charge in [-0.15, -0.1) is 11.8 Å². The molecule has 5 rings (SSSR count). The van der Waals surface area contributed by atoms with Crippen molar-refractivity contribution in [2.45, 2.75) is 50.9 Å². The Bertz CT molecular complexity index is 1110. The molecule has 1 atom stereocenters. The summed E-state index contributed by atoms with van der Waals surface area (Å²) in [6.45, 7) is 7.28. The van der Waals surface area contributed by atoms with Gasteiger partial charge in [-0.2, -0.15) is 0 Å². The van der Waals surface area contributed by atoms with Crippen molar-refractivity contribution in [1.82, 2.24) is 4.90 Å². The Hall–Kier alpha value is -2.35. The summed E-state index contributed by atoms with van der Waals surface area (Å²) in [5.41, 5.74) is 6.30. The maximum absolute atomic E-state index is 11.8. The second-order valence-electron chi connectivity index (χ2n) is 9.24. The molecule has 0 unspecified atom stereocenters. The number of aliphatic hydroxyl groups is 1. The Balaban J connectivity index is 1.13. The van der Waals surface area contributed by atoms with Gasteiger partial charge in [0.25, 0.3) is 0 Å². The molecular weight excluding hydrogens is 438 g/mol. The molecule has 7 heteroatoms. The van der Waals surface area contributed by atoms with E-state index < -0.39 is 6.10 Å². The van der Waals surface area contributed by atoms with Crippen LogP contribution in [-0.4, -0.2) is 47.3 Å². The number of esters is 2. The van der Waals surface area contributed by atoms with Gasteiger partial charge in [0.15, 0.2) is 0 Å². The number of hydrogen-bond donors (Lipinski definition) is 1. The van der Waals surface area contributed by atoms with Crippen LogP contribution in [-0.2, 0) is 22.7 Å². The van der Waals surface area contributed by atoms with E-state index in [0.717, 1.165) is 53.9 Å². The fourth-order valence-corrected chi connectivity index (χ4v) is 6.35. The molecule has 0 aromatic heterocycles. The average molecular weight is 468 g/mol. The third kappa shape index (κ3) is 4.29. The number of β-amino-alcohol motifs (C(OH)–C–C–N with tert-alkyl or cyclic N) is 1. The lowest BCUT2D eigenvalue weighted by atomic mass is 9.94. The summed E-state index contributed by atoms with van der Waals surface area (Å²) in [6.07, 6.45) is 1.64. The first-order chi connectivity index (χ1) is 15.9. The summed E-state index contributed by atoms with van der Waals surface area (Å²) in [5.74, 6) is 1.21. The summed E-state index contributed by atoms with van der Waals surface area (Å²) in [4.78, 5) is 27.1. The minimum Gasteiger partial charge on any atom is -0.457 e. The number of fused-ring (bicyclic) bond motifs is 2. The molecule has 0 amide bonds. The van der Waals surface area contributed by atoms with Crippen molar-refractivity contribution in [1.29, 1.82) is 0 Å². The van der Waals surface area contributed by atoms with E-state index in [-0.39, 0.29) is 11.9 Å². The molecule has 0 aliphatic carbocycles. The van der Waals surface area contributed by atoms with E-state index >= 15 is 0 Å². The summed E-state index contributed by atoms with van der Waals surface area (Å²) >= 11 is 1.87. The van der Waals surface area contributed by atoms with Gasteiger partial charge in [0.1, 0.15) is 13.2 Å². The number of ether oxygens (including phenoxy) is 2. The van der Waals surface area contributed by atoms with Crippen molar-refractivity contribution >= 4 is 23.7 Å². The van der Waals surface area contributed by atoms with Crippen LogP contribution in [0.5, 0.6) is 0 Å². The highest BCUT2D eigenvalue weighted by Gasteiger charge is 2.28. The van der Waals surface area contributed by atoms with Crippen LogP contribution in [0.3, 0.4) is 0 Å². The fraction of sp³-hybridized carbons (Fsp3) is 0.462. The number of nitrogens with zero attached hydrogens (tertiary/aromatic N) is 1. The SMILES string of the molecule is Cc1c(SCC2CCN(C[C@H](O)c3ccc4c(c3C)COC4=O)CC2)ccc2c1COC2=O. The van der Waals surface area contributed by atoms with Crippen molar-refractivity contribution in [2.75, 3.05) is 25.4 Å². The predicted molar refractivity (Wildman–Crippen MR) is 125 cm³/mol. The van der Waals surface area contributed by atoms with Crippen LogP contribution in [0.25, 0.3) is 0 Å². The molecule has 33 heavy (non-hydrogen) atoms. The van der Waals surface area contributed by atoms with Gasteiger partial charge in [-0.25, -0.2) is 9.59 Å². The molecule has 1 fully saturated rings. The third-order valence-corrected chi connectivity index (χ3v) is 8.69. The standard InChI is InChI=1S/C26H29NO5S/c1-15-18(3-4-19-21(15)12-31-25(19)29)23(28)11-27-9-7-17(8-10-27)14-33-24-6-5-20-22(16(24)2)13-32-26(20)30/h3-6,17,23,28H,7-14H2,1-2H3/t23-/m0/s1. The van der Waals surface area contributed by atoms with Gasteiger partial charge in [-0.3, -0.25) is 0 Å². The van der Waals surface area contributed by atoms with Crippen LogP contribution in [0.2, 0.25) is 0 Å². The Labute approximate surface area is 198 Å². The van der Waals surface area contributed by atoms with Crippen molar-refractivity contribution in [3.63, 3.8) is 0 Å². The Morgan fingerprint density at radius 2 is 1.58 bits per heavy atom. The number of hydrogen-bond acceptors (Lipinski definition) is 7. The molecule has 1 N–H and O–H groups in total. The Morgan fingerprint density at radius 1 is 0.970 bits per heavy atom. The van der Waals surface area contributed by atoms with Crippen molar-refractivity contribution in [3.8, 4) is 0 Å². The first-order valence-electron chi connectivity index (χ1n) is 11.5. The summed E-state index contributed by atoms with van der Waals surface area (Å²) in [5, 5.41) is 10.9. The normalized spacial score (nSPS) is 19.2. The molecule has 2 aromatic rings. The molecule has 0 spiro atoms. The summed E-state index contributed by atoms with van der Waals surface area (Å²) in [7, 11) is 0. The molecule has 1 saturated heterocycles. The molecule has 6 nitrogen and oxygen atoms in total. The molecule has 174 valence electrons. The second-order valence-corrected chi connectivity index (χ2v) is 10.3. The van der Waals surface area contributed by atoms with E-state index in [4.69, 9.17) is 9.47 Å². The monoisotopic (exact) mass is 467 g/mol. The largest absolute Gasteiger partial charge is 0.457 e. The summed E-state index contributed by atoms with van der Waals surface area (Å²) in [6, 6.07) is 7.59. The maximum Gasteiger partial charge on any atom is 0.338 e. The number of carbonyl (C=O) groups is 2. The van der Waals surface area contributed by atoms with E-state index in [0.29, 0.717) is 36.8 Å². The average Bonchev–Trinajstić information content (AvgIpc) is 3.38. The van der Waals surface area contributed by atoms with Gasteiger partial charge in [0.2, 0.25) is 0 Å². The van der Waals surface area contributed by atoms with Crippen molar-refractivity contribution in [3.05, 3.63) is 63.2 Å². The smallest absolute Gasteiger partial charge is 0.338 e. The van der Waals surface area contributed by atoms with Crippen LogP contribution in [0, 0.1) is 19.8 Å². The molecule has 3 aliphatic rings. The van der Waals surface area contributed by atoms with Gasteiger partial charge < -0.3 is 19.5 Å². The predicted octanol–water partition coefficient (Wildman–Crippen LogP) is 4.18. The van der Waals surface area contributed by atoms with E-state index in [1.54, 1.807) is 6.07 Å². The highest BCUT2D eigenvalue weighted by atomic mass is 32.2. The zero-order chi connectivity index (χ0) is 23.1. The lowest BCUT2D eigenvalue weighted by molar-refractivity contribution is 0.0525. The molecule has 0 saturated carbocycles. The quantitative estimate of drug-likeness (QED) is 0.504. The number of cyclic esters (lactones) is 2. The van der Waals surface area contributed by atoms with E-state index in [2.05, 4.69) is 17.9 Å². The van der Waals surface area contributed by atoms with Crippen molar-refractivity contribution in [2.24, 2.45) is 5.92 Å². The lowest BCUT2D eigenvalue weighted by Gasteiger charge is -2.33. The van der Waals surface area contributed by atoms with E-state index in [1.807, 2.05) is 30.8 Å². The molecular formula is C26H29NO5S. The minimum absolute atomic E-state index is 0.212. The lowest BCUT2D eigenvalue weighted by Crippen LogP contribution is -2.37. The first kappa shape index (κ1) is 22.4. The number of thioether (sulfide) groups is 1. The number of aliphatic hydroxyl groups excluding tert-OH is 1. The highest BCUT2D eigenvalue weighted by Crippen LogP contribution is 2.34. The van der Waals surface area contributed by atoms with Gasteiger partial charge in [-0.1, -0.05) is 6.07 Å². The number of likely N-dealkylation sites (tertiary alicyclic amines) is 1. The van der Waals surface area contributed by atoms with Crippen molar-refractivity contribution < 1.29 is 24.2 Å². The summed E-state index contributed by atoms with van der Waals surface area (Å²) < 4.78 is 10.3. The van der Waals surface area contributed by atoms with E-state index in [1.165, 1.54) is 10.5 Å². The second kappa shape index (κ2) is 9.12. The molecule has 0 bridgehead atoms. The topological polar surface area (TPSA) is 76.1 Å². The molecule has 2 aromatic carbocycles. The molecule has 0 radical (unpaired) electrons. The van der Waals surface area contributed by atoms with Gasteiger partial charge >= 0.3 is 11.9 Å². The van der Waals surface area contributed by atoms with Crippen LogP contribution >= 0.6 is 11.8 Å². The third-order valence-electron chi connectivity index (χ3n) is 7.30. The Kier molecular flexibility index (Phi) is 6.20. The number of benzene rings is 2. The van der Waals surface area contributed by atoms with E-state index in [9.17, 15) is 14.7 Å². The maximum atomic E-state index is 11.8. The molecule has 3 heterocycles. The first-order valence-corrected chi connectivity index (χ1v) is 12.5. The van der Waals surface area contributed by atoms with Gasteiger partial charge in [0, 0.05) is 28.3 Å². The van der Waals surface area contributed by atoms with Crippen LogP contribution in [0.15, 0.2) is 29.2 Å². The van der Waals surface area contributed by atoms with Crippen LogP contribution in [0.4, 0.5) is 0 Å². The zero-order valence-electron chi connectivity index (χ0n) is 19.1. The number of rotatable bonds is 6.